The van der Waals surface area contributed by atoms with Crippen molar-refractivity contribution in [2.24, 2.45) is 0 Å². The molecule has 4 rings (SSSR count). The Morgan fingerprint density at radius 1 is 0.938 bits per heavy atom. The molecule has 0 unspecified atom stereocenters. The molecule has 0 aliphatic rings. The largest absolute Gasteiger partial charge is 0.481 e. The molecule has 9 heteroatoms. The zero-order valence-electron chi connectivity index (χ0n) is 16.4. The molecule has 0 amide bonds. The van der Waals surface area contributed by atoms with Crippen molar-refractivity contribution in [1.82, 2.24) is 3.97 Å². The van der Waals surface area contributed by atoms with Crippen molar-refractivity contribution < 1.29 is 18.3 Å². The maximum absolute atomic E-state index is 13.6. The Hall–Kier alpha value is -2.51. The summed E-state index contributed by atoms with van der Waals surface area (Å²) in [6.45, 7) is 0. The van der Waals surface area contributed by atoms with Gasteiger partial charge in [-0.05, 0) is 60.0 Å². The molecule has 0 aliphatic carbocycles. The minimum Gasteiger partial charge on any atom is -0.481 e. The number of aryl methyl sites for hydroxylation is 1. The molecule has 0 bridgehead atoms. The second-order valence-corrected chi connectivity index (χ2v) is 10.3. The molecule has 0 aliphatic heterocycles. The van der Waals surface area contributed by atoms with Gasteiger partial charge in [0, 0.05) is 38.6 Å². The lowest BCUT2D eigenvalue weighted by molar-refractivity contribution is -0.136. The first kappa shape index (κ1) is 22.7. The third-order valence-electron chi connectivity index (χ3n) is 5.06. The highest BCUT2D eigenvalue weighted by Gasteiger charge is 2.22. The van der Waals surface area contributed by atoms with E-state index in [1.165, 1.54) is 16.2 Å². The van der Waals surface area contributed by atoms with Gasteiger partial charge in [0.1, 0.15) is 0 Å². The molecule has 32 heavy (non-hydrogen) atoms. The highest BCUT2D eigenvalue weighted by atomic mass is 35.5. The number of nitrogens with zero attached hydrogens (tertiary/aromatic N) is 1. The number of aromatic nitrogens is 1. The van der Waals surface area contributed by atoms with Crippen molar-refractivity contribution in [3.8, 4) is 11.1 Å². The van der Waals surface area contributed by atoms with Crippen LogP contribution < -0.4 is 0 Å². The minimum atomic E-state index is -3.99. The lowest BCUT2D eigenvalue weighted by Crippen LogP contribution is -2.12. The molecule has 0 fully saturated rings. The molecule has 1 N–H and O–H groups in total. The number of carboxylic acids is 1. The third-order valence-corrected chi connectivity index (χ3v) is 7.51. The van der Waals surface area contributed by atoms with Crippen LogP contribution in [0.1, 0.15) is 12.0 Å². The van der Waals surface area contributed by atoms with Gasteiger partial charge in [-0.1, -0.05) is 53.0 Å². The molecule has 1 heterocycles. The van der Waals surface area contributed by atoms with Crippen LogP contribution in [0, 0.1) is 0 Å². The highest BCUT2D eigenvalue weighted by Crippen LogP contribution is 2.33. The quantitative estimate of drug-likeness (QED) is 0.321. The fourth-order valence-corrected chi connectivity index (χ4v) is 5.67. The maximum Gasteiger partial charge on any atom is 0.303 e. The van der Waals surface area contributed by atoms with Crippen molar-refractivity contribution in [1.29, 1.82) is 0 Å². The summed E-state index contributed by atoms with van der Waals surface area (Å²) in [6.07, 6.45) is 1.51. The van der Waals surface area contributed by atoms with Gasteiger partial charge < -0.3 is 5.11 Å². The number of halogens is 3. The highest BCUT2D eigenvalue weighted by molar-refractivity contribution is 7.90. The Morgan fingerprint density at radius 2 is 1.66 bits per heavy atom. The van der Waals surface area contributed by atoms with Gasteiger partial charge in [-0.2, -0.15) is 0 Å². The van der Waals surface area contributed by atoms with Gasteiger partial charge in [-0.3, -0.25) is 4.79 Å². The third kappa shape index (κ3) is 4.36. The van der Waals surface area contributed by atoms with Crippen molar-refractivity contribution in [3.63, 3.8) is 0 Å². The maximum atomic E-state index is 13.6. The topological polar surface area (TPSA) is 76.4 Å². The Morgan fingerprint density at radius 3 is 2.38 bits per heavy atom. The van der Waals surface area contributed by atoms with E-state index in [1.807, 2.05) is 0 Å². The van der Waals surface area contributed by atoms with Gasteiger partial charge in [0.2, 0.25) is 0 Å². The summed E-state index contributed by atoms with van der Waals surface area (Å²) in [5.74, 6) is -0.969. The van der Waals surface area contributed by atoms with Crippen LogP contribution in [0.25, 0.3) is 22.0 Å². The number of rotatable bonds is 6. The molecular formula is C23H16Cl3NO4S. The van der Waals surface area contributed by atoms with E-state index < -0.39 is 16.0 Å². The molecule has 0 saturated carbocycles. The van der Waals surface area contributed by atoms with Crippen LogP contribution in [0.5, 0.6) is 0 Å². The van der Waals surface area contributed by atoms with Crippen molar-refractivity contribution >= 4 is 61.7 Å². The lowest BCUT2D eigenvalue weighted by Gasteiger charge is -2.10. The van der Waals surface area contributed by atoms with E-state index in [9.17, 15) is 13.2 Å². The van der Waals surface area contributed by atoms with E-state index in [2.05, 4.69) is 0 Å². The molecule has 3 aromatic carbocycles. The van der Waals surface area contributed by atoms with Gasteiger partial charge in [0.25, 0.3) is 10.0 Å². The van der Waals surface area contributed by atoms with Gasteiger partial charge >= 0.3 is 5.97 Å². The van der Waals surface area contributed by atoms with Crippen LogP contribution in [0.2, 0.25) is 15.1 Å². The van der Waals surface area contributed by atoms with Gasteiger partial charge in [0.05, 0.1) is 10.4 Å². The monoisotopic (exact) mass is 507 g/mol. The first-order valence-electron chi connectivity index (χ1n) is 9.49. The Labute approximate surface area is 199 Å². The number of carboxylic acid groups (broad SMARTS) is 1. The van der Waals surface area contributed by atoms with Gasteiger partial charge in [0.15, 0.2) is 0 Å². The molecule has 0 spiro atoms. The van der Waals surface area contributed by atoms with Crippen molar-refractivity contribution in [3.05, 3.63) is 87.5 Å². The van der Waals surface area contributed by atoms with Crippen LogP contribution in [-0.4, -0.2) is 23.5 Å². The summed E-state index contributed by atoms with van der Waals surface area (Å²) in [7, 11) is -3.99. The van der Waals surface area contributed by atoms with Crippen LogP contribution in [-0.2, 0) is 21.2 Å². The van der Waals surface area contributed by atoms with Crippen LogP contribution >= 0.6 is 34.8 Å². The summed E-state index contributed by atoms with van der Waals surface area (Å²) in [5, 5.41) is 11.0. The molecule has 0 saturated heterocycles. The smallest absolute Gasteiger partial charge is 0.303 e. The minimum absolute atomic E-state index is 0.0673. The summed E-state index contributed by atoms with van der Waals surface area (Å²) in [6, 6.07) is 16.3. The summed E-state index contributed by atoms with van der Waals surface area (Å²) in [5.41, 5.74) is 2.29. The van der Waals surface area contributed by atoms with Crippen molar-refractivity contribution in [2.75, 3.05) is 0 Å². The van der Waals surface area contributed by atoms with Crippen molar-refractivity contribution in [2.45, 2.75) is 17.7 Å². The van der Waals surface area contributed by atoms with Crippen LogP contribution in [0.15, 0.2) is 71.8 Å². The average Bonchev–Trinajstić information content (AvgIpc) is 3.11. The molecule has 1 aromatic heterocycles. The van der Waals surface area contributed by atoms with E-state index in [0.29, 0.717) is 42.7 Å². The number of benzene rings is 3. The predicted octanol–water partition coefficient (Wildman–Crippen LogP) is 6.52. The molecule has 0 radical (unpaired) electrons. The average molecular weight is 509 g/mol. The normalized spacial score (nSPS) is 11.7. The fraction of sp³-hybridized carbons (Fsp3) is 0.0870. The molecule has 0 atom stereocenters. The van der Waals surface area contributed by atoms with E-state index in [1.54, 1.807) is 54.6 Å². The van der Waals surface area contributed by atoms with E-state index >= 15 is 0 Å². The number of hydrogen-bond acceptors (Lipinski definition) is 3. The second-order valence-electron chi connectivity index (χ2n) is 7.16. The fourth-order valence-electron chi connectivity index (χ4n) is 3.54. The number of fused-ring (bicyclic) bond motifs is 1. The molecule has 5 nitrogen and oxygen atoms in total. The predicted molar refractivity (Wildman–Crippen MR) is 127 cm³/mol. The zero-order chi connectivity index (χ0) is 23.0. The Kier molecular flexibility index (Phi) is 6.23. The molecular weight excluding hydrogens is 493 g/mol. The van der Waals surface area contributed by atoms with Gasteiger partial charge in [-0.25, -0.2) is 12.4 Å². The second kappa shape index (κ2) is 8.79. The lowest BCUT2D eigenvalue weighted by atomic mass is 10.1. The number of carbonyl (C=O) groups is 1. The molecule has 164 valence electrons. The standard InChI is InChI=1S/C23H16Cl3NO4S/c24-16-6-8-22-20(11-16)15(4-9-23(28)29)13-27(22)32(30,31)18-3-1-2-14(10-18)19-7-5-17(25)12-21(19)26/h1-3,5-8,10-13H,4,9H2,(H,28,29). The summed E-state index contributed by atoms with van der Waals surface area (Å²) < 4.78 is 28.3. The summed E-state index contributed by atoms with van der Waals surface area (Å²) >= 11 is 18.4. The van der Waals surface area contributed by atoms with E-state index in [0.717, 1.165) is 0 Å². The first-order valence-corrected chi connectivity index (χ1v) is 12.1. The van der Waals surface area contributed by atoms with E-state index in [-0.39, 0.29) is 17.7 Å². The SMILES string of the molecule is O=C(O)CCc1cn(S(=O)(=O)c2cccc(-c3ccc(Cl)cc3Cl)c2)c2ccc(Cl)cc12. The Balaban J connectivity index is 1.84. The molecule has 4 aromatic rings. The van der Waals surface area contributed by atoms with E-state index in [4.69, 9.17) is 39.9 Å². The van der Waals surface area contributed by atoms with Crippen LogP contribution in [0.3, 0.4) is 0 Å². The number of hydrogen-bond donors (Lipinski definition) is 1. The Bertz CT molecular complexity index is 1460. The number of aliphatic carboxylic acids is 1. The first-order chi connectivity index (χ1) is 15.2. The van der Waals surface area contributed by atoms with Crippen LogP contribution in [0.4, 0.5) is 0 Å². The van der Waals surface area contributed by atoms with Gasteiger partial charge in [-0.15, -0.1) is 0 Å². The summed E-state index contributed by atoms with van der Waals surface area (Å²) in [4.78, 5) is 11.1. The zero-order valence-corrected chi connectivity index (χ0v) is 19.5.